The second kappa shape index (κ2) is 7.25. The number of benzene rings is 2. The van der Waals surface area contributed by atoms with E-state index in [1.54, 1.807) is 7.11 Å². The molecule has 2 N–H and O–H groups in total. The molecule has 0 aromatic heterocycles. The van der Waals surface area contributed by atoms with Crippen LogP contribution in [0, 0.1) is 17.8 Å². The van der Waals surface area contributed by atoms with Crippen LogP contribution in [0.3, 0.4) is 0 Å². The maximum absolute atomic E-state index is 12.6. The van der Waals surface area contributed by atoms with E-state index in [9.17, 15) is 4.79 Å². The Labute approximate surface area is 166 Å². The fraction of sp³-hybridized carbons (Fsp3) is 0.458. The van der Waals surface area contributed by atoms with Gasteiger partial charge in [-0.25, -0.2) is 0 Å². The van der Waals surface area contributed by atoms with Gasteiger partial charge in [-0.15, -0.1) is 0 Å². The van der Waals surface area contributed by atoms with E-state index < -0.39 is 0 Å². The molecule has 2 aliphatic carbocycles. The van der Waals surface area contributed by atoms with Crippen LogP contribution in [-0.4, -0.2) is 26.2 Å². The lowest BCUT2D eigenvalue weighted by Gasteiger charge is -2.43. The molecule has 5 atom stereocenters. The van der Waals surface area contributed by atoms with E-state index in [0.29, 0.717) is 31.0 Å². The second-order valence-corrected chi connectivity index (χ2v) is 8.52. The van der Waals surface area contributed by atoms with Crippen molar-refractivity contribution in [3.05, 3.63) is 65.2 Å². The first-order chi connectivity index (χ1) is 13.8. The molecule has 146 valence electrons. The number of ether oxygens (including phenoxy) is 1. The van der Waals surface area contributed by atoms with Gasteiger partial charge in [0.05, 0.1) is 12.6 Å². The van der Waals surface area contributed by atoms with Crippen LogP contribution in [0.4, 0.5) is 5.69 Å². The van der Waals surface area contributed by atoms with E-state index in [1.807, 2.05) is 6.07 Å². The van der Waals surface area contributed by atoms with Gasteiger partial charge in [0.2, 0.25) is 0 Å². The molecular weight excluding hydrogens is 348 g/mol. The average Bonchev–Trinajstić information content (AvgIpc) is 3.36. The molecule has 5 rings (SSSR count). The molecular formula is C24H28N2O2. The number of carbonyl (C=O) groups is 1. The van der Waals surface area contributed by atoms with Crippen LogP contribution in [0.2, 0.25) is 0 Å². The number of hydrogen-bond donors (Lipinski definition) is 2. The normalized spacial score (nSPS) is 29.7. The Kier molecular flexibility index (Phi) is 4.59. The van der Waals surface area contributed by atoms with Crippen molar-refractivity contribution in [3.8, 4) is 0 Å². The fourth-order valence-corrected chi connectivity index (χ4v) is 5.99. The van der Waals surface area contributed by atoms with Gasteiger partial charge in [0.15, 0.2) is 0 Å². The second-order valence-electron chi connectivity index (χ2n) is 8.52. The number of anilines is 1. The number of hydrogen-bond acceptors (Lipinski definition) is 3. The Hall–Kier alpha value is -2.33. The minimum atomic E-state index is -0.00950. The van der Waals surface area contributed by atoms with E-state index >= 15 is 0 Å². The van der Waals surface area contributed by atoms with Crippen molar-refractivity contribution in [2.45, 2.75) is 31.2 Å². The molecule has 28 heavy (non-hydrogen) atoms. The minimum Gasteiger partial charge on any atom is -0.383 e. The van der Waals surface area contributed by atoms with Crippen molar-refractivity contribution in [1.82, 2.24) is 5.32 Å². The molecule has 2 aromatic rings. The number of fused-ring (bicyclic) bond motifs is 7. The van der Waals surface area contributed by atoms with E-state index in [1.165, 1.54) is 36.1 Å². The van der Waals surface area contributed by atoms with E-state index in [2.05, 4.69) is 53.1 Å². The molecule has 2 bridgehead atoms. The summed E-state index contributed by atoms with van der Waals surface area (Å²) in [5.74, 6) is 2.73. The van der Waals surface area contributed by atoms with Gasteiger partial charge in [-0.2, -0.15) is 0 Å². The Morgan fingerprint density at radius 2 is 1.96 bits per heavy atom. The van der Waals surface area contributed by atoms with Crippen molar-refractivity contribution in [2.24, 2.45) is 17.8 Å². The Bertz CT molecular complexity index is 866. The standard InChI is InChI=1S/C24H28N2O2/c1-28-12-11-25-24(27)18-9-10-20-19(14-18)21-16-7-8-17(13-16)22(21)23(26-20)15-5-3-2-4-6-15/h2-6,9-10,14,16-17,21-23,26H,7-8,11-13H2,1H3,(H,25,27)/t16-,17-,21-,22+,23+/m0/s1. The molecule has 0 unspecified atom stereocenters. The van der Waals surface area contributed by atoms with Crippen LogP contribution in [0.5, 0.6) is 0 Å². The van der Waals surface area contributed by atoms with Crippen LogP contribution in [0.15, 0.2) is 48.5 Å². The fourth-order valence-electron chi connectivity index (χ4n) is 5.99. The van der Waals surface area contributed by atoms with Gasteiger partial charge >= 0.3 is 0 Å². The molecule has 1 heterocycles. The number of carbonyl (C=O) groups excluding carboxylic acids is 1. The third kappa shape index (κ3) is 2.91. The van der Waals surface area contributed by atoms with Gasteiger partial charge in [0.25, 0.3) is 5.91 Å². The number of methoxy groups -OCH3 is 1. The third-order valence-corrected chi connectivity index (χ3v) is 7.10. The van der Waals surface area contributed by atoms with Gasteiger partial charge < -0.3 is 15.4 Å². The van der Waals surface area contributed by atoms with E-state index in [4.69, 9.17) is 4.74 Å². The zero-order chi connectivity index (χ0) is 19.1. The molecule has 2 fully saturated rings. The molecule has 4 heteroatoms. The smallest absolute Gasteiger partial charge is 0.251 e. The topological polar surface area (TPSA) is 50.4 Å². The molecule has 4 nitrogen and oxygen atoms in total. The van der Waals surface area contributed by atoms with Crippen molar-refractivity contribution < 1.29 is 9.53 Å². The first-order valence-electron chi connectivity index (χ1n) is 10.5. The summed E-state index contributed by atoms with van der Waals surface area (Å²) in [5, 5.41) is 6.79. The summed E-state index contributed by atoms with van der Waals surface area (Å²) in [5.41, 5.74) is 4.70. The quantitative estimate of drug-likeness (QED) is 0.763. The highest BCUT2D eigenvalue weighted by Gasteiger charge is 2.53. The van der Waals surface area contributed by atoms with Gasteiger partial charge in [0.1, 0.15) is 0 Å². The summed E-state index contributed by atoms with van der Waals surface area (Å²) < 4.78 is 5.04. The molecule has 0 saturated heterocycles. The van der Waals surface area contributed by atoms with Gasteiger partial charge in [-0.1, -0.05) is 30.3 Å². The monoisotopic (exact) mass is 376 g/mol. The van der Waals surface area contributed by atoms with Crippen LogP contribution in [0.1, 0.15) is 52.7 Å². The maximum Gasteiger partial charge on any atom is 0.251 e. The Morgan fingerprint density at radius 3 is 2.79 bits per heavy atom. The van der Waals surface area contributed by atoms with Crippen molar-refractivity contribution >= 4 is 11.6 Å². The lowest BCUT2D eigenvalue weighted by Crippen LogP contribution is -2.36. The van der Waals surface area contributed by atoms with Gasteiger partial charge in [-0.3, -0.25) is 4.79 Å². The summed E-state index contributed by atoms with van der Waals surface area (Å²) in [6, 6.07) is 17.5. The minimum absolute atomic E-state index is 0.00950. The maximum atomic E-state index is 12.6. The molecule has 1 aliphatic heterocycles. The first-order valence-corrected chi connectivity index (χ1v) is 10.5. The summed E-state index contributed by atoms with van der Waals surface area (Å²) >= 11 is 0. The number of amides is 1. The van der Waals surface area contributed by atoms with Crippen LogP contribution in [-0.2, 0) is 4.74 Å². The third-order valence-electron chi connectivity index (χ3n) is 7.10. The largest absolute Gasteiger partial charge is 0.383 e. The summed E-state index contributed by atoms with van der Waals surface area (Å²) in [7, 11) is 1.65. The molecule has 3 aliphatic rings. The lowest BCUT2D eigenvalue weighted by molar-refractivity contribution is 0.0937. The van der Waals surface area contributed by atoms with Crippen LogP contribution in [0.25, 0.3) is 0 Å². The number of rotatable bonds is 5. The lowest BCUT2D eigenvalue weighted by atomic mass is 9.68. The Morgan fingerprint density at radius 1 is 1.14 bits per heavy atom. The summed E-state index contributed by atoms with van der Waals surface area (Å²) in [4.78, 5) is 12.6. The highest BCUT2D eigenvalue weighted by molar-refractivity contribution is 5.95. The van der Waals surface area contributed by atoms with Crippen molar-refractivity contribution in [1.29, 1.82) is 0 Å². The van der Waals surface area contributed by atoms with E-state index in [-0.39, 0.29) is 5.91 Å². The van der Waals surface area contributed by atoms with Crippen LogP contribution >= 0.6 is 0 Å². The zero-order valence-corrected chi connectivity index (χ0v) is 16.4. The SMILES string of the molecule is COCCNC(=O)c1ccc2c(c1)[C@@H]1[C@H]3CC[C@@H](C3)[C@H]1[C@@H](c1ccccc1)N2. The van der Waals surface area contributed by atoms with Crippen molar-refractivity contribution in [2.75, 3.05) is 25.6 Å². The predicted molar refractivity (Wildman–Crippen MR) is 111 cm³/mol. The highest BCUT2D eigenvalue weighted by atomic mass is 16.5. The van der Waals surface area contributed by atoms with Gasteiger partial charge in [0, 0.05) is 24.9 Å². The molecule has 2 aromatic carbocycles. The first kappa shape index (κ1) is 17.7. The summed E-state index contributed by atoms with van der Waals surface area (Å²) in [6.45, 7) is 1.07. The van der Waals surface area contributed by atoms with Crippen LogP contribution < -0.4 is 10.6 Å². The van der Waals surface area contributed by atoms with Gasteiger partial charge in [-0.05, 0) is 72.3 Å². The molecule has 2 saturated carbocycles. The Balaban J connectivity index is 1.49. The molecule has 1 amide bonds. The predicted octanol–water partition coefficient (Wildman–Crippen LogP) is 4.36. The van der Waals surface area contributed by atoms with Crippen molar-refractivity contribution in [3.63, 3.8) is 0 Å². The zero-order valence-electron chi connectivity index (χ0n) is 16.4. The average molecular weight is 377 g/mol. The van der Waals surface area contributed by atoms with E-state index in [0.717, 1.165) is 17.4 Å². The summed E-state index contributed by atoms with van der Waals surface area (Å²) in [6.07, 6.45) is 4.02. The molecule has 0 spiro atoms. The highest BCUT2D eigenvalue weighted by Crippen LogP contribution is 2.63. The number of nitrogens with one attached hydrogen (secondary N) is 2. The molecule has 0 radical (unpaired) electrons.